The van der Waals surface area contributed by atoms with Crippen LogP contribution in [0, 0.1) is 0 Å². The molecule has 0 radical (unpaired) electrons. The molecule has 186 valence electrons. The minimum absolute atomic E-state index is 0.194. The number of hydrogen-bond acceptors (Lipinski definition) is 6. The lowest BCUT2D eigenvalue weighted by Gasteiger charge is -2.34. The SMILES string of the molecule is COCCn1ccc(-c2ccc3c(=O)[nH]c(O)c(C=Nc4ccc(N5CCN(C)CC5)cc4)c3c2)c1. The number of aromatic nitrogens is 2. The lowest BCUT2D eigenvalue weighted by Crippen LogP contribution is -2.44. The molecular weight excluding hydrogens is 454 g/mol. The quantitative estimate of drug-likeness (QED) is 0.389. The summed E-state index contributed by atoms with van der Waals surface area (Å²) in [5.74, 6) is -0.194. The van der Waals surface area contributed by atoms with Gasteiger partial charge in [0.25, 0.3) is 5.56 Å². The summed E-state index contributed by atoms with van der Waals surface area (Å²) in [4.78, 5) is 24.4. The van der Waals surface area contributed by atoms with Crippen LogP contribution < -0.4 is 10.5 Å². The van der Waals surface area contributed by atoms with E-state index in [4.69, 9.17) is 4.74 Å². The Hall–Kier alpha value is -3.88. The molecule has 0 saturated carbocycles. The lowest BCUT2D eigenvalue weighted by atomic mass is 10.0. The summed E-state index contributed by atoms with van der Waals surface area (Å²) < 4.78 is 7.22. The van der Waals surface area contributed by atoms with Crippen LogP contribution in [-0.4, -0.2) is 72.7 Å². The maximum Gasteiger partial charge on any atom is 0.258 e. The number of rotatable bonds is 7. The number of methoxy groups -OCH3 is 1. The number of fused-ring (bicyclic) bond motifs is 1. The Morgan fingerprint density at radius 1 is 1.03 bits per heavy atom. The highest BCUT2D eigenvalue weighted by Crippen LogP contribution is 2.28. The number of pyridine rings is 1. The molecule has 0 aliphatic carbocycles. The molecule has 1 fully saturated rings. The molecule has 8 heteroatoms. The number of aromatic amines is 1. The monoisotopic (exact) mass is 485 g/mol. The number of benzene rings is 2. The van der Waals surface area contributed by atoms with Crippen molar-refractivity contribution in [3.8, 4) is 17.0 Å². The first-order valence-corrected chi connectivity index (χ1v) is 12.1. The van der Waals surface area contributed by atoms with E-state index >= 15 is 0 Å². The Balaban J connectivity index is 1.43. The molecule has 2 N–H and O–H groups in total. The zero-order valence-corrected chi connectivity index (χ0v) is 20.6. The van der Waals surface area contributed by atoms with Crippen molar-refractivity contribution in [2.24, 2.45) is 4.99 Å². The van der Waals surface area contributed by atoms with Crippen molar-refractivity contribution in [2.75, 3.05) is 51.8 Å². The average molecular weight is 486 g/mol. The van der Waals surface area contributed by atoms with Crippen molar-refractivity contribution in [3.05, 3.63) is 76.8 Å². The first-order chi connectivity index (χ1) is 17.5. The zero-order valence-electron chi connectivity index (χ0n) is 20.6. The van der Waals surface area contributed by atoms with Gasteiger partial charge < -0.3 is 24.2 Å². The minimum atomic E-state index is -0.333. The number of nitrogens with one attached hydrogen (secondary N) is 1. The highest BCUT2D eigenvalue weighted by molar-refractivity contribution is 6.03. The molecule has 1 aliphatic rings. The molecule has 3 heterocycles. The third-order valence-electron chi connectivity index (χ3n) is 6.74. The van der Waals surface area contributed by atoms with E-state index in [0.29, 0.717) is 22.9 Å². The summed E-state index contributed by atoms with van der Waals surface area (Å²) in [5.41, 5.74) is 4.08. The van der Waals surface area contributed by atoms with Gasteiger partial charge in [-0.05, 0) is 60.6 Å². The molecule has 0 unspecified atom stereocenters. The highest BCUT2D eigenvalue weighted by Gasteiger charge is 2.14. The summed E-state index contributed by atoms with van der Waals surface area (Å²) in [7, 11) is 3.83. The number of anilines is 1. The molecule has 0 spiro atoms. The Bertz CT molecular complexity index is 1430. The third kappa shape index (κ3) is 5.05. The second kappa shape index (κ2) is 10.4. The normalized spacial score (nSPS) is 14.8. The number of aromatic hydroxyl groups is 1. The summed E-state index contributed by atoms with van der Waals surface area (Å²) in [6.45, 7) is 5.52. The summed E-state index contributed by atoms with van der Waals surface area (Å²) in [5, 5.41) is 11.7. The predicted molar refractivity (Wildman–Crippen MR) is 145 cm³/mol. The van der Waals surface area contributed by atoms with Gasteiger partial charge in [-0.2, -0.15) is 0 Å². The fourth-order valence-electron chi connectivity index (χ4n) is 4.55. The summed E-state index contributed by atoms with van der Waals surface area (Å²) >= 11 is 0. The van der Waals surface area contributed by atoms with E-state index in [1.54, 1.807) is 19.4 Å². The number of H-pyrrole nitrogens is 1. The smallest absolute Gasteiger partial charge is 0.258 e. The fourth-order valence-corrected chi connectivity index (χ4v) is 4.55. The van der Waals surface area contributed by atoms with Gasteiger partial charge in [0.15, 0.2) is 0 Å². The fraction of sp³-hybridized carbons (Fsp3) is 0.286. The van der Waals surface area contributed by atoms with Gasteiger partial charge in [0, 0.05) is 74.9 Å². The van der Waals surface area contributed by atoms with Crippen LogP contribution in [0.1, 0.15) is 5.56 Å². The standard InChI is InChI=1S/C28H31N5O3/c1-31-11-13-33(14-12-31)23-6-4-22(5-7-23)29-18-26-25-17-20(3-8-24(25)27(34)30-28(26)35)21-9-10-32(19-21)15-16-36-2/h3-10,17-19H,11-16H2,1-2H3,(H2,30,34,35). The van der Waals surface area contributed by atoms with Gasteiger partial charge in [0.05, 0.1) is 17.9 Å². The zero-order chi connectivity index (χ0) is 25.1. The van der Waals surface area contributed by atoms with Crippen molar-refractivity contribution >= 4 is 28.4 Å². The van der Waals surface area contributed by atoms with Gasteiger partial charge in [-0.25, -0.2) is 0 Å². The molecule has 1 saturated heterocycles. The van der Waals surface area contributed by atoms with Crippen LogP contribution in [0.3, 0.4) is 0 Å². The average Bonchev–Trinajstić information content (AvgIpc) is 3.37. The number of piperazine rings is 1. The predicted octanol–water partition coefficient (Wildman–Crippen LogP) is 3.85. The lowest BCUT2D eigenvalue weighted by molar-refractivity contribution is 0.187. The summed E-state index contributed by atoms with van der Waals surface area (Å²) in [6.07, 6.45) is 5.66. The topological polar surface area (TPSA) is 86.1 Å². The maximum absolute atomic E-state index is 12.5. The molecule has 0 amide bonds. The largest absolute Gasteiger partial charge is 0.494 e. The van der Waals surface area contributed by atoms with Gasteiger partial charge >= 0.3 is 0 Å². The Kier molecular flexibility index (Phi) is 6.88. The van der Waals surface area contributed by atoms with Gasteiger partial charge in [0.1, 0.15) is 0 Å². The van der Waals surface area contributed by atoms with E-state index in [9.17, 15) is 9.90 Å². The van der Waals surface area contributed by atoms with E-state index in [1.807, 2.05) is 42.7 Å². The number of likely N-dealkylation sites (N-methyl/N-ethyl adjacent to an activating group) is 1. The second-order valence-electron chi connectivity index (χ2n) is 9.17. The molecule has 1 aliphatic heterocycles. The van der Waals surface area contributed by atoms with Crippen LogP contribution >= 0.6 is 0 Å². The van der Waals surface area contributed by atoms with E-state index in [0.717, 1.165) is 49.5 Å². The van der Waals surface area contributed by atoms with Crippen LogP contribution in [-0.2, 0) is 11.3 Å². The van der Waals surface area contributed by atoms with Crippen molar-refractivity contribution in [1.82, 2.24) is 14.5 Å². The van der Waals surface area contributed by atoms with Gasteiger partial charge in [-0.15, -0.1) is 0 Å². The summed E-state index contributed by atoms with van der Waals surface area (Å²) in [6, 6.07) is 15.8. The number of hydrogen-bond donors (Lipinski definition) is 2. The maximum atomic E-state index is 12.5. The van der Waals surface area contributed by atoms with E-state index in [1.165, 1.54) is 5.69 Å². The van der Waals surface area contributed by atoms with E-state index in [2.05, 4.69) is 43.5 Å². The highest BCUT2D eigenvalue weighted by atomic mass is 16.5. The Morgan fingerprint density at radius 3 is 2.56 bits per heavy atom. The van der Waals surface area contributed by atoms with Crippen LogP contribution in [0.2, 0.25) is 0 Å². The third-order valence-corrected chi connectivity index (χ3v) is 6.74. The van der Waals surface area contributed by atoms with Crippen LogP contribution in [0.4, 0.5) is 11.4 Å². The first kappa shape index (κ1) is 23.8. The van der Waals surface area contributed by atoms with Crippen LogP contribution in [0.15, 0.2) is 70.7 Å². The number of aliphatic imine (C=N–C) groups is 1. The molecule has 0 bridgehead atoms. The molecule has 2 aromatic carbocycles. The van der Waals surface area contributed by atoms with E-state index in [-0.39, 0.29) is 11.4 Å². The van der Waals surface area contributed by atoms with Crippen molar-refractivity contribution in [3.63, 3.8) is 0 Å². The van der Waals surface area contributed by atoms with Gasteiger partial charge in [-0.3, -0.25) is 14.8 Å². The Morgan fingerprint density at radius 2 is 1.81 bits per heavy atom. The molecule has 36 heavy (non-hydrogen) atoms. The van der Waals surface area contributed by atoms with Gasteiger partial charge in [0.2, 0.25) is 5.88 Å². The molecule has 0 atom stereocenters. The molecule has 2 aromatic heterocycles. The first-order valence-electron chi connectivity index (χ1n) is 12.1. The molecule has 8 nitrogen and oxygen atoms in total. The minimum Gasteiger partial charge on any atom is -0.494 e. The van der Waals surface area contributed by atoms with Crippen LogP contribution in [0.5, 0.6) is 5.88 Å². The van der Waals surface area contributed by atoms with Crippen molar-refractivity contribution in [1.29, 1.82) is 0 Å². The molecule has 5 rings (SSSR count). The number of nitrogens with zero attached hydrogens (tertiary/aromatic N) is 4. The van der Waals surface area contributed by atoms with Gasteiger partial charge in [-0.1, -0.05) is 6.07 Å². The Labute approximate surface area is 210 Å². The van der Waals surface area contributed by atoms with Crippen LogP contribution in [0.25, 0.3) is 21.9 Å². The van der Waals surface area contributed by atoms with Crippen molar-refractivity contribution < 1.29 is 9.84 Å². The molecule has 4 aromatic rings. The number of ether oxygens (including phenoxy) is 1. The van der Waals surface area contributed by atoms with E-state index < -0.39 is 0 Å². The molecular formula is C28H31N5O3. The second-order valence-corrected chi connectivity index (χ2v) is 9.17. The van der Waals surface area contributed by atoms with Crippen molar-refractivity contribution in [2.45, 2.75) is 6.54 Å².